The third kappa shape index (κ3) is 5.68. The van der Waals surface area contributed by atoms with Crippen molar-refractivity contribution in [3.63, 3.8) is 0 Å². The highest BCUT2D eigenvalue weighted by atomic mass is 79.9. The first-order chi connectivity index (χ1) is 19.0. The molecule has 1 heterocycles. The Bertz CT molecular complexity index is 1670. The van der Waals surface area contributed by atoms with E-state index in [1.54, 1.807) is 33.7 Å². The smallest absolute Gasteiger partial charge is 0.266 e. The fraction of sp³-hybridized carbons (Fsp3) is 0.156. The van der Waals surface area contributed by atoms with Crippen molar-refractivity contribution in [3.8, 4) is 5.69 Å². The molecule has 0 aliphatic rings. The molecule has 196 valence electrons. The van der Waals surface area contributed by atoms with Gasteiger partial charge in [-0.1, -0.05) is 89.1 Å². The Hall–Kier alpha value is -3.74. The molecular weight excluding hydrogens is 574 g/mol. The molecule has 5 rings (SSSR count). The molecule has 1 amide bonds. The molecule has 5 nitrogen and oxygen atoms in total. The molecule has 0 bridgehead atoms. The first-order valence-corrected chi connectivity index (χ1v) is 14.0. The normalized spacial score (nSPS) is 11.9. The molecule has 1 aromatic heterocycles. The number of hydrogen-bond acceptors (Lipinski definition) is 3. The fourth-order valence-corrected chi connectivity index (χ4v) is 5.32. The average Bonchev–Trinajstić information content (AvgIpc) is 2.96. The van der Waals surface area contributed by atoms with Crippen molar-refractivity contribution < 1.29 is 4.79 Å². The van der Waals surface area contributed by atoms with Gasteiger partial charge in [0, 0.05) is 11.0 Å². The van der Waals surface area contributed by atoms with Gasteiger partial charge in [0.05, 0.1) is 33.2 Å². The van der Waals surface area contributed by atoms with Gasteiger partial charge in [0.2, 0.25) is 0 Å². The zero-order chi connectivity index (χ0) is 27.4. The second-order valence-corrected chi connectivity index (χ2v) is 10.6. The third-order valence-corrected chi connectivity index (χ3v) is 7.66. The molecule has 39 heavy (non-hydrogen) atoms. The minimum Gasteiger partial charge on any atom is -0.328 e. The summed E-state index contributed by atoms with van der Waals surface area (Å²) in [4.78, 5) is 34.9. The molecule has 0 spiro atoms. The molecular formula is C32H27BrClN3O2. The summed E-state index contributed by atoms with van der Waals surface area (Å²) >= 11 is 9.98. The lowest BCUT2D eigenvalue weighted by Crippen LogP contribution is -2.40. The molecule has 0 saturated carbocycles. The highest BCUT2D eigenvalue weighted by Crippen LogP contribution is 2.29. The molecule has 4 aromatic carbocycles. The van der Waals surface area contributed by atoms with Crippen LogP contribution in [-0.2, 0) is 6.42 Å². The summed E-state index contributed by atoms with van der Waals surface area (Å²) in [6.07, 6.45) is 1.19. The van der Waals surface area contributed by atoms with E-state index in [4.69, 9.17) is 16.6 Å². The minimum absolute atomic E-state index is 0.176. The SMILES string of the molecule is CCC(c1nc2ccccc2c(=O)n1-c1ccc(Br)cc1)N(CCc1ccccc1)C(=O)c1ccccc1Cl. The quantitative estimate of drug-likeness (QED) is 0.184. The van der Waals surface area contributed by atoms with Crippen LogP contribution in [0, 0.1) is 0 Å². The maximum absolute atomic E-state index is 14.1. The van der Waals surface area contributed by atoms with Gasteiger partial charge in [0.1, 0.15) is 5.82 Å². The van der Waals surface area contributed by atoms with Crippen molar-refractivity contribution >= 4 is 44.3 Å². The zero-order valence-electron chi connectivity index (χ0n) is 21.4. The Morgan fingerprint density at radius 1 is 0.923 bits per heavy atom. The van der Waals surface area contributed by atoms with Crippen molar-refractivity contribution in [1.82, 2.24) is 14.5 Å². The molecule has 0 aliphatic heterocycles. The maximum atomic E-state index is 14.1. The number of halogens is 2. The number of fused-ring (bicyclic) bond motifs is 1. The summed E-state index contributed by atoms with van der Waals surface area (Å²) in [6.45, 7) is 2.43. The summed E-state index contributed by atoms with van der Waals surface area (Å²) in [5, 5.41) is 0.908. The summed E-state index contributed by atoms with van der Waals surface area (Å²) in [5.41, 5.74) is 2.63. The highest BCUT2D eigenvalue weighted by molar-refractivity contribution is 9.10. The van der Waals surface area contributed by atoms with Gasteiger partial charge in [-0.15, -0.1) is 0 Å². The second-order valence-electron chi connectivity index (χ2n) is 9.24. The van der Waals surface area contributed by atoms with E-state index in [2.05, 4.69) is 15.9 Å². The molecule has 5 aromatic rings. The van der Waals surface area contributed by atoms with Crippen LogP contribution in [0.5, 0.6) is 0 Å². The van der Waals surface area contributed by atoms with Crippen LogP contribution >= 0.6 is 27.5 Å². The molecule has 7 heteroatoms. The molecule has 0 fully saturated rings. The van der Waals surface area contributed by atoms with Gasteiger partial charge >= 0.3 is 0 Å². The number of benzene rings is 4. The monoisotopic (exact) mass is 599 g/mol. The number of para-hydroxylation sites is 1. The fourth-order valence-electron chi connectivity index (χ4n) is 4.84. The predicted molar refractivity (Wildman–Crippen MR) is 161 cm³/mol. The number of amides is 1. The van der Waals surface area contributed by atoms with Gasteiger partial charge in [0.25, 0.3) is 11.5 Å². The number of carbonyl (C=O) groups excluding carboxylic acids is 1. The summed E-state index contributed by atoms with van der Waals surface area (Å²) in [5.74, 6) is 0.310. The van der Waals surface area contributed by atoms with E-state index in [0.717, 1.165) is 10.0 Å². The first kappa shape index (κ1) is 26.9. The van der Waals surface area contributed by atoms with Crippen LogP contribution in [0.3, 0.4) is 0 Å². The summed E-state index contributed by atoms with van der Waals surface area (Å²) < 4.78 is 2.54. The Balaban J connectivity index is 1.69. The lowest BCUT2D eigenvalue weighted by atomic mass is 10.1. The van der Waals surface area contributed by atoms with E-state index in [9.17, 15) is 9.59 Å². The van der Waals surface area contributed by atoms with Gasteiger partial charge in [0.15, 0.2) is 0 Å². The highest BCUT2D eigenvalue weighted by Gasteiger charge is 2.30. The molecule has 1 atom stereocenters. The Labute approximate surface area is 240 Å². The first-order valence-electron chi connectivity index (χ1n) is 12.8. The lowest BCUT2D eigenvalue weighted by Gasteiger charge is -2.33. The van der Waals surface area contributed by atoms with Crippen LogP contribution in [0.25, 0.3) is 16.6 Å². The van der Waals surface area contributed by atoms with Gasteiger partial charge in [-0.2, -0.15) is 0 Å². The van der Waals surface area contributed by atoms with Crippen molar-refractivity contribution in [2.45, 2.75) is 25.8 Å². The Morgan fingerprint density at radius 2 is 1.59 bits per heavy atom. The van der Waals surface area contributed by atoms with E-state index in [1.807, 2.05) is 85.8 Å². The van der Waals surface area contributed by atoms with E-state index < -0.39 is 6.04 Å². The molecule has 1 unspecified atom stereocenters. The topological polar surface area (TPSA) is 55.2 Å². The number of carbonyl (C=O) groups is 1. The van der Waals surface area contributed by atoms with Crippen LogP contribution < -0.4 is 5.56 Å². The predicted octanol–water partition coefficient (Wildman–Crippen LogP) is 7.64. The van der Waals surface area contributed by atoms with Crippen molar-refractivity contribution in [1.29, 1.82) is 0 Å². The van der Waals surface area contributed by atoms with E-state index >= 15 is 0 Å². The third-order valence-electron chi connectivity index (χ3n) is 6.80. The van der Waals surface area contributed by atoms with Crippen molar-refractivity contribution in [2.75, 3.05) is 6.54 Å². The van der Waals surface area contributed by atoms with Crippen LogP contribution in [0.4, 0.5) is 0 Å². The van der Waals surface area contributed by atoms with Crippen LogP contribution in [-0.4, -0.2) is 26.9 Å². The largest absolute Gasteiger partial charge is 0.328 e. The van der Waals surface area contributed by atoms with Crippen molar-refractivity contribution in [2.24, 2.45) is 0 Å². The van der Waals surface area contributed by atoms with Crippen LogP contribution in [0.1, 0.15) is 41.1 Å². The van der Waals surface area contributed by atoms with Gasteiger partial charge in [-0.05, 0) is 66.9 Å². The van der Waals surface area contributed by atoms with E-state index in [0.29, 0.717) is 52.4 Å². The Kier molecular flexibility index (Phi) is 8.24. The number of nitrogens with zero attached hydrogens (tertiary/aromatic N) is 3. The Morgan fingerprint density at radius 3 is 2.31 bits per heavy atom. The standard InChI is InChI=1S/C32H27BrClN3O2/c1-2-29(36(21-20-22-10-4-3-5-11-22)31(38)25-12-6-8-14-27(25)34)30-35-28-15-9-7-13-26(28)32(39)37(30)24-18-16-23(33)17-19-24/h3-19,29H,2,20-21H2,1H3. The zero-order valence-corrected chi connectivity index (χ0v) is 23.8. The van der Waals surface area contributed by atoms with E-state index in [-0.39, 0.29) is 11.5 Å². The summed E-state index contributed by atoms with van der Waals surface area (Å²) in [6, 6.07) is 31.5. The second kappa shape index (κ2) is 12.0. The maximum Gasteiger partial charge on any atom is 0.266 e. The average molecular weight is 601 g/mol. The van der Waals surface area contributed by atoms with Gasteiger partial charge < -0.3 is 4.90 Å². The minimum atomic E-state index is -0.488. The van der Waals surface area contributed by atoms with Gasteiger partial charge in [-0.3, -0.25) is 14.2 Å². The number of rotatable bonds is 8. The van der Waals surface area contributed by atoms with Gasteiger partial charge in [-0.25, -0.2) is 4.98 Å². The van der Waals surface area contributed by atoms with E-state index in [1.165, 1.54) is 0 Å². The molecule has 0 radical (unpaired) electrons. The lowest BCUT2D eigenvalue weighted by molar-refractivity contribution is 0.0662. The number of aromatic nitrogens is 2. The van der Waals surface area contributed by atoms with Crippen LogP contribution in [0.2, 0.25) is 5.02 Å². The van der Waals surface area contributed by atoms with Crippen LogP contribution in [0.15, 0.2) is 112 Å². The van der Waals surface area contributed by atoms with Crippen molar-refractivity contribution in [3.05, 3.63) is 140 Å². The molecule has 0 saturated heterocycles. The summed E-state index contributed by atoms with van der Waals surface area (Å²) in [7, 11) is 0. The molecule has 0 aliphatic carbocycles. The number of hydrogen-bond donors (Lipinski definition) is 0. The molecule has 0 N–H and O–H groups in total.